The fraction of sp³-hybridized carbons (Fsp3) is 0.846. The zero-order valence-electron chi connectivity index (χ0n) is 11.7. The van der Waals surface area contributed by atoms with Crippen molar-refractivity contribution in [1.29, 1.82) is 0 Å². The Bertz CT molecular complexity index is 448. The molecule has 114 valence electrons. The van der Waals surface area contributed by atoms with Crippen LogP contribution in [0.3, 0.4) is 0 Å². The second-order valence-corrected chi connectivity index (χ2v) is 5.93. The quantitative estimate of drug-likeness (QED) is 0.931. The van der Waals surface area contributed by atoms with Crippen LogP contribution in [0, 0.1) is 5.92 Å². The SMILES string of the molecule is CC(C)n1ncnc1CC1(O)CCC(C(F)(F)F)CC1. The molecular weight excluding hydrogens is 271 g/mol. The molecular formula is C13H20F3N3O. The number of alkyl halides is 3. The predicted octanol–water partition coefficient (Wildman–Crippen LogP) is 2.89. The number of hydrogen-bond donors (Lipinski definition) is 1. The highest BCUT2D eigenvalue weighted by atomic mass is 19.4. The molecule has 1 heterocycles. The van der Waals surface area contributed by atoms with Gasteiger partial charge in [-0.1, -0.05) is 0 Å². The van der Waals surface area contributed by atoms with Crippen molar-refractivity contribution in [3.8, 4) is 0 Å². The molecule has 1 saturated carbocycles. The Morgan fingerprint density at radius 3 is 2.50 bits per heavy atom. The number of nitrogens with zero attached hydrogens (tertiary/aromatic N) is 3. The molecule has 0 amide bonds. The van der Waals surface area contributed by atoms with Crippen molar-refractivity contribution in [3.63, 3.8) is 0 Å². The molecule has 1 N–H and O–H groups in total. The van der Waals surface area contributed by atoms with Gasteiger partial charge in [-0.05, 0) is 39.5 Å². The molecule has 0 aliphatic heterocycles. The van der Waals surface area contributed by atoms with Crippen LogP contribution in [0.2, 0.25) is 0 Å². The number of rotatable bonds is 3. The highest BCUT2D eigenvalue weighted by Gasteiger charge is 2.45. The monoisotopic (exact) mass is 291 g/mol. The van der Waals surface area contributed by atoms with Crippen LogP contribution in [-0.4, -0.2) is 31.6 Å². The van der Waals surface area contributed by atoms with Gasteiger partial charge in [0.1, 0.15) is 12.2 Å². The summed E-state index contributed by atoms with van der Waals surface area (Å²) in [6, 6.07) is 0.114. The number of halogens is 3. The minimum Gasteiger partial charge on any atom is -0.389 e. The molecule has 0 unspecified atom stereocenters. The second-order valence-electron chi connectivity index (χ2n) is 5.93. The lowest BCUT2D eigenvalue weighted by molar-refractivity contribution is -0.192. The normalized spacial score (nSPS) is 28.1. The summed E-state index contributed by atoms with van der Waals surface area (Å²) in [6.45, 7) is 3.89. The van der Waals surface area contributed by atoms with E-state index < -0.39 is 17.7 Å². The van der Waals surface area contributed by atoms with Crippen molar-refractivity contribution in [1.82, 2.24) is 14.8 Å². The topological polar surface area (TPSA) is 50.9 Å². The van der Waals surface area contributed by atoms with Crippen LogP contribution in [0.15, 0.2) is 6.33 Å². The summed E-state index contributed by atoms with van der Waals surface area (Å²) in [4.78, 5) is 4.11. The van der Waals surface area contributed by atoms with E-state index in [9.17, 15) is 18.3 Å². The average molecular weight is 291 g/mol. The molecule has 0 atom stereocenters. The van der Waals surface area contributed by atoms with Crippen molar-refractivity contribution in [2.45, 2.75) is 63.8 Å². The van der Waals surface area contributed by atoms with Gasteiger partial charge in [-0.15, -0.1) is 0 Å². The number of aromatic nitrogens is 3. The Balaban J connectivity index is 2.02. The zero-order valence-corrected chi connectivity index (χ0v) is 11.7. The third-order valence-corrected chi connectivity index (χ3v) is 4.00. The van der Waals surface area contributed by atoms with E-state index in [-0.39, 0.29) is 38.1 Å². The zero-order chi connectivity index (χ0) is 15.0. The van der Waals surface area contributed by atoms with Gasteiger partial charge in [0.25, 0.3) is 0 Å². The van der Waals surface area contributed by atoms with Gasteiger partial charge in [0.15, 0.2) is 0 Å². The largest absolute Gasteiger partial charge is 0.391 e. The summed E-state index contributed by atoms with van der Waals surface area (Å²) >= 11 is 0. The van der Waals surface area contributed by atoms with Crippen LogP contribution >= 0.6 is 0 Å². The lowest BCUT2D eigenvalue weighted by atomic mass is 9.76. The Kier molecular flexibility index (Phi) is 4.09. The van der Waals surface area contributed by atoms with E-state index in [4.69, 9.17) is 0 Å². The summed E-state index contributed by atoms with van der Waals surface area (Å²) in [7, 11) is 0. The molecule has 0 radical (unpaired) electrons. The van der Waals surface area contributed by atoms with Gasteiger partial charge in [0, 0.05) is 12.5 Å². The molecule has 1 fully saturated rings. The van der Waals surface area contributed by atoms with E-state index in [0.717, 1.165) is 0 Å². The maximum atomic E-state index is 12.6. The van der Waals surface area contributed by atoms with Gasteiger partial charge in [-0.3, -0.25) is 0 Å². The lowest BCUT2D eigenvalue weighted by Crippen LogP contribution is -2.40. The highest BCUT2D eigenvalue weighted by molar-refractivity contribution is 4.98. The second kappa shape index (κ2) is 5.35. The van der Waals surface area contributed by atoms with Crippen LogP contribution < -0.4 is 0 Å². The van der Waals surface area contributed by atoms with Gasteiger partial charge in [-0.25, -0.2) is 9.67 Å². The smallest absolute Gasteiger partial charge is 0.389 e. The Morgan fingerprint density at radius 2 is 2.00 bits per heavy atom. The van der Waals surface area contributed by atoms with E-state index in [1.807, 2.05) is 13.8 Å². The maximum Gasteiger partial charge on any atom is 0.391 e. The summed E-state index contributed by atoms with van der Waals surface area (Å²) in [5.41, 5.74) is -1.10. The summed E-state index contributed by atoms with van der Waals surface area (Å²) < 4.78 is 39.6. The van der Waals surface area contributed by atoms with E-state index >= 15 is 0 Å². The maximum absolute atomic E-state index is 12.6. The fourth-order valence-corrected chi connectivity index (χ4v) is 2.79. The molecule has 1 aromatic rings. The number of aliphatic hydroxyl groups is 1. The van der Waals surface area contributed by atoms with Gasteiger partial charge >= 0.3 is 6.18 Å². The molecule has 0 bridgehead atoms. The van der Waals surface area contributed by atoms with Crippen LogP contribution in [0.1, 0.15) is 51.4 Å². The van der Waals surface area contributed by atoms with Gasteiger partial charge in [0.05, 0.1) is 11.5 Å². The average Bonchev–Trinajstić information content (AvgIpc) is 2.75. The summed E-state index contributed by atoms with van der Waals surface area (Å²) in [5.74, 6) is -0.654. The van der Waals surface area contributed by atoms with Crippen molar-refractivity contribution in [2.24, 2.45) is 5.92 Å². The van der Waals surface area contributed by atoms with Crippen LogP contribution in [0.25, 0.3) is 0 Å². The lowest BCUT2D eigenvalue weighted by Gasteiger charge is -2.36. The molecule has 0 spiro atoms. The molecule has 7 heteroatoms. The first kappa shape index (κ1) is 15.3. The molecule has 1 aromatic heterocycles. The van der Waals surface area contributed by atoms with Crippen molar-refractivity contribution < 1.29 is 18.3 Å². The predicted molar refractivity (Wildman–Crippen MR) is 67.1 cm³/mol. The molecule has 1 aliphatic rings. The third-order valence-electron chi connectivity index (χ3n) is 4.00. The van der Waals surface area contributed by atoms with E-state index in [1.54, 1.807) is 4.68 Å². The molecule has 20 heavy (non-hydrogen) atoms. The number of hydrogen-bond acceptors (Lipinski definition) is 3. The van der Waals surface area contributed by atoms with E-state index in [1.165, 1.54) is 6.33 Å². The minimum atomic E-state index is -4.15. The Hall–Kier alpha value is -1.11. The van der Waals surface area contributed by atoms with Crippen LogP contribution in [0.5, 0.6) is 0 Å². The summed E-state index contributed by atoms with van der Waals surface area (Å²) in [5, 5.41) is 14.6. The highest BCUT2D eigenvalue weighted by Crippen LogP contribution is 2.42. The minimum absolute atomic E-state index is 0.0180. The summed E-state index contributed by atoms with van der Waals surface area (Å²) in [6.07, 6.45) is -2.20. The first-order valence-electron chi connectivity index (χ1n) is 6.89. The Morgan fingerprint density at radius 1 is 1.40 bits per heavy atom. The molecule has 0 aromatic carbocycles. The Labute approximate surface area is 116 Å². The van der Waals surface area contributed by atoms with Crippen molar-refractivity contribution in [2.75, 3.05) is 0 Å². The first-order chi connectivity index (χ1) is 9.21. The fourth-order valence-electron chi connectivity index (χ4n) is 2.79. The van der Waals surface area contributed by atoms with Crippen LogP contribution in [0.4, 0.5) is 13.2 Å². The van der Waals surface area contributed by atoms with Crippen LogP contribution in [-0.2, 0) is 6.42 Å². The van der Waals surface area contributed by atoms with Gasteiger partial charge < -0.3 is 5.11 Å². The van der Waals surface area contributed by atoms with Crippen molar-refractivity contribution >= 4 is 0 Å². The van der Waals surface area contributed by atoms with Gasteiger partial charge in [-0.2, -0.15) is 18.3 Å². The molecule has 1 aliphatic carbocycles. The molecule has 2 rings (SSSR count). The van der Waals surface area contributed by atoms with Gasteiger partial charge in [0.2, 0.25) is 0 Å². The standard InChI is InChI=1S/C13H20F3N3O/c1-9(2)19-11(17-8-18-19)7-12(20)5-3-10(4-6-12)13(14,15)16/h8-10,20H,3-7H2,1-2H3. The first-order valence-corrected chi connectivity index (χ1v) is 6.89. The van der Waals surface area contributed by atoms with E-state index in [0.29, 0.717) is 5.82 Å². The molecule has 4 nitrogen and oxygen atoms in total. The van der Waals surface area contributed by atoms with E-state index in [2.05, 4.69) is 10.1 Å². The third kappa shape index (κ3) is 3.31. The molecule has 0 saturated heterocycles. The van der Waals surface area contributed by atoms with Crippen molar-refractivity contribution in [3.05, 3.63) is 12.2 Å².